The summed E-state index contributed by atoms with van der Waals surface area (Å²) in [5.74, 6) is 1.00. The summed E-state index contributed by atoms with van der Waals surface area (Å²) in [4.78, 5) is 0. The van der Waals surface area contributed by atoms with Crippen LogP contribution in [0.25, 0.3) is 0 Å². The maximum absolute atomic E-state index is 5.32. The van der Waals surface area contributed by atoms with Crippen LogP contribution in [0.3, 0.4) is 0 Å². The van der Waals surface area contributed by atoms with Gasteiger partial charge in [-0.25, -0.2) is 0 Å². The van der Waals surface area contributed by atoms with E-state index in [2.05, 4.69) is 12.2 Å². The van der Waals surface area contributed by atoms with Crippen LogP contribution in [0.1, 0.15) is 32.6 Å². The van der Waals surface area contributed by atoms with E-state index < -0.39 is 0 Å². The highest BCUT2D eigenvalue weighted by molar-refractivity contribution is 4.87. The molecule has 70 valence electrons. The van der Waals surface area contributed by atoms with Crippen LogP contribution in [0.15, 0.2) is 0 Å². The average molecular weight is 169 g/mol. The first-order valence-electron chi connectivity index (χ1n) is 5.22. The Balaban J connectivity index is 1.62. The van der Waals surface area contributed by atoms with Crippen molar-refractivity contribution >= 4 is 0 Å². The average Bonchev–Trinajstić information content (AvgIpc) is 2.47. The lowest BCUT2D eigenvalue weighted by molar-refractivity contribution is 0.167. The third kappa shape index (κ3) is 1.80. The topological polar surface area (TPSA) is 21.3 Å². The zero-order chi connectivity index (χ0) is 8.39. The van der Waals surface area contributed by atoms with E-state index in [4.69, 9.17) is 4.74 Å². The summed E-state index contributed by atoms with van der Waals surface area (Å²) in [5, 5.41) is 3.65. The Hall–Kier alpha value is -0.0800. The first kappa shape index (κ1) is 8.52. The van der Waals surface area contributed by atoms with E-state index in [0.29, 0.717) is 6.04 Å². The molecule has 0 aromatic heterocycles. The van der Waals surface area contributed by atoms with E-state index >= 15 is 0 Å². The molecule has 12 heavy (non-hydrogen) atoms. The van der Waals surface area contributed by atoms with Crippen LogP contribution >= 0.6 is 0 Å². The van der Waals surface area contributed by atoms with Gasteiger partial charge in [0.05, 0.1) is 6.61 Å². The second-order valence-electron chi connectivity index (χ2n) is 4.17. The van der Waals surface area contributed by atoms with Crippen molar-refractivity contribution in [2.45, 2.75) is 44.7 Å². The molecule has 0 spiro atoms. The van der Waals surface area contributed by atoms with E-state index in [1.54, 1.807) is 0 Å². The number of hydrogen-bond acceptors (Lipinski definition) is 2. The van der Waals surface area contributed by atoms with E-state index in [1.807, 2.05) is 0 Å². The fourth-order valence-electron chi connectivity index (χ4n) is 2.20. The molecule has 2 heteroatoms. The van der Waals surface area contributed by atoms with Gasteiger partial charge in [-0.2, -0.15) is 0 Å². The number of ether oxygens (including phenoxy) is 1. The molecular formula is C10H19NO. The second-order valence-corrected chi connectivity index (χ2v) is 4.17. The summed E-state index contributed by atoms with van der Waals surface area (Å²) in [6, 6.07) is 1.47. The number of rotatable bonds is 3. The van der Waals surface area contributed by atoms with Crippen LogP contribution in [0.4, 0.5) is 0 Å². The Kier molecular flexibility index (Phi) is 2.66. The largest absolute Gasteiger partial charge is 0.380 e. The molecule has 1 aliphatic heterocycles. The van der Waals surface area contributed by atoms with Gasteiger partial charge < -0.3 is 10.1 Å². The zero-order valence-corrected chi connectivity index (χ0v) is 7.88. The molecule has 0 amide bonds. The maximum atomic E-state index is 5.32. The third-order valence-corrected chi connectivity index (χ3v) is 3.21. The summed E-state index contributed by atoms with van der Waals surface area (Å²) in [6.45, 7) is 4.19. The Morgan fingerprint density at radius 2 is 2.17 bits per heavy atom. The van der Waals surface area contributed by atoms with Gasteiger partial charge in [-0.05, 0) is 25.2 Å². The Labute approximate surface area is 74.7 Å². The van der Waals surface area contributed by atoms with E-state index in [1.165, 1.54) is 25.7 Å². The van der Waals surface area contributed by atoms with Crippen molar-refractivity contribution in [2.75, 3.05) is 13.2 Å². The number of hydrogen-bond donors (Lipinski definition) is 1. The fourth-order valence-corrected chi connectivity index (χ4v) is 2.20. The fraction of sp³-hybridized carbons (Fsp3) is 1.00. The first-order valence-corrected chi connectivity index (χ1v) is 5.22. The summed E-state index contributed by atoms with van der Waals surface area (Å²) in [6.07, 6.45) is 5.37. The third-order valence-electron chi connectivity index (χ3n) is 3.21. The van der Waals surface area contributed by atoms with Gasteiger partial charge in [-0.3, -0.25) is 0 Å². The molecule has 0 aromatic rings. The van der Waals surface area contributed by atoms with Gasteiger partial charge in [-0.1, -0.05) is 13.3 Å². The van der Waals surface area contributed by atoms with Crippen molar-refractivity contribution in [3.05, 3.63) is 0 Å². The molecule has 1 aliphatic carbocycles. The predicted molar refractivity (Wildman–Crippen MR) is 49.2 cm³/mol. The van der Waals surface area contributed by atoms with Gasteiger partial charge in [0.2, 0.25) is 0 Å². The smallest absolute Gasteiger partial charge is 0.0620 e. The van der Waals surface area contributed by atoms with Gasteiger partial charge in [0, 0.05) is 18.7 Å². The molecule has 1 N–H and O–H groups in total. The molecule has 0 bridgehead atoms. The standard InChI is InChI=1S/C10H19NO/c1-2-8-5-10(6-8)11-9-3-4-12-7-9/h8-11H,2-7H2,1H3. The van der Waals surface area contributed by atoms with Crippen LogP contribution in [0.2, 0.25) is 0 Å². The minimum atomic E-state index is 0.660. The quantitative estimate of drug-likeness (QED) is 0.692. The summed E-state index contributed by atoms with van der Waals surface area (Å²) in [5.41, 5.74) is 0. The molecular weight excluding hydrogens is 150 g/mol. The van der Waals surface area contributed by atoms with Crippen LogP contribution in [-0.2, 0) is 4.74 Å². The minimum Gasteiger partial charge on any atom is -0.380 e. The van der Waals surface area contributed by atoms with Gasteiger partial charge in [-0.15, -0.1) is 0 Å². The molecule has 0 aromatic carbocycles. The summed E-state index contributed by atoms with van der Waals surface area (Å²) >= 11 is 0. The molecule has 1 saturated heterocycles. The molecule has 2 aliphatic rings. The minimum absolute atomic E-state index is 0.660. The maximum Gasteiger partial charge on any atom is 0.0620 e. The van der Waals surface area contributed by atoms with E-state index in [-0.39, 0.29) is 0 Å². The Bertz CT molecular complexity index is 137. The highest BCUT2D eigenvalue weighted by atomic mass is 16.5. The molecule has 1 saturated carbocycles. The van der Waals surface area contributed by atoms with E-state index in [9.17, 15) is 0 Å². The van der Waals surface area contributed by atoms with Crippen molar-refractivity contribution in [1.82, 2.24) is 5.32 Å². The first-order chi connectivity index (χ1) is 5.88. The normalized spacial score (nSPS) is 41.2. The predicted octanol–water partition coefficient (Wildman–Crippen LogP) is 1.55. The highest BCUT2D eigenvalue weighted by Crippen LogP contribution is 2.30. The van der Waals surface area contributed by atoms with Gasteiger partial charge in [0.15, 0.2) is 0 Å². The van der Waals surface area contributed by atoms with Crippen LogP contribution in [-0.4, -0.2) is 25.3 Å². The monoisotopic (exact) mass is 169 g/mol. The van der Waals surface area contributed by atoms with Crippen LogP contribution in [0, 0.1) is 5.92 Å². The second kappa shape index (κ2) is 3.75. The Morgan fingerprint density at radius 1 is 1.33 bits per heavy atom. The van der Waals surface area contributed by atoms with Gasteiger partial charge >= 0.3 is 0 Å². The van der Waals surface area contributed by atoms with Gasteiger partial charge in [0.25, 0.3) is 0 Å². The molecule has 1 heterocycles. The highest BCUT2D eigenvalue weighted by Gasteiger charge is 2.29. The molecule has 1 unspecified atom stereocenters. The van der Waals surface area contributed by atoms with E-state index in [0.717, 1.165) is 25.2 Å². The van der Waals surface area contributed by atoms with Crippen molar-refractivity contribution < 1.29 is 4.74 Å². The van der Waals surface area contributed by atoms with Crippen LogP contribution < -0.4 is 5.32 Å². The molecule has 2 rings (SSSR count). The van der Waals surface area contributed by atoms with Crippen molar-refractivity contribution in [3.8, 4) is 0 Å². The lowest BCUT2D eigenvalue weighted by Gasteiger charge is -2.37. The molecule has 0 radical (unpaired) electrons. The zero-order valence-electron chi connectivity index (χ0n) is 7.88. The van der Waals surface area contributed by atoms with Crippen molar-refractivity contribution in [3.63, 3.8) is 0 Å². The lowest BCUT2D eigenvalue weighted by Crippen LogP contribution is -2.46. The van der Waals surface area contributed by atoms with Crippen molar-refractivity contribution in [2.24, 2.45) is 5.92 Å². The summed E-state index contributed by atoms with van der Waals surface area (Å²) < 4.78 is 5.32. The van der Waals surface area contributed by atoms with Crippen LogP contribution in [0.5, 0.6) is 0 Å². The summed E-state index contributed by atoms with van der Waals surface area (Å²) in [7, 11) is 0. The number of nitrogens with one attached hydrogen (secondary N) is 1. The Morgan fingerprint density at radius 3 is 2.75 bits per heavy atom. The van der Waals surface area contributed by atoms with Gasteiger partial charge in [0.1, 0.15) is 0 Å². The molecule has 2 fully saturated rings. The molecule has 2 nitrogen and oxygen atoms in total. The molecule has 1 atom stereocenters. The van der Waals surface area contributed by atoms with Crippen molar-refractivity contribution in [1.29, 1.82) is 0 Å². The SMILES string of the molecule is CCC1CC(NC2CCOC2)C1. The lowest BCUT2D eigenvalue weighted by atomic mass is 9.78.